The molecule has 2 unspecified atom stereocenters. The van der Waals surface area contributed by atoms with Crippen LogP contribution < -0.4 is 4.74 Å². The van der Waals surface area contributed by atoms with Gasteiger partial charge in [0, 0.05) is 11.6 Å². The number of hydrogen-bond donors (Lipinski definition) is 0. The third-order valence-electron chi connectivity index (χ3n) is 3.13. The normalized spacial score (nSPS) is 20.2. The van der Waals surface area contributed by atoms with Crippen molar-refractivity contribution in [2.75, 3.05) is 13.2 Å². The number of halogens is 1. The molecule has 1 aliphatic heterocycles. The number of carbonyl (C=O) groups is 1. The summed E-state index contributed by atoms with van der Waals surface area (Å²) in [6.07, 6.45) is 2.50. The van der Waals surface area contributed by atoms with Crippen LogP contribution in [0.5, 0.6) is 5.75 Å². The molecule has 2 rings (SSSR count). The third-order valence-corrected chi connectivity index (χ3v) is 3.36. The number of carbonyl (C=O) groups excluding carboxylic acids is 1. The van der Waals surface area contributed by atoms with Crippen molar-refractivity contribution >= 4 is 17.6 Å². The summed E-state index contributed by atoms with van der Waals surface area (Å²) in [4.78, 5) is 11.8. The van der Waals surface area contributed by atoms with E-state index in [0.717, 1.165) is 25.9 Å². The summed E-state index contributed by atoms with van der Waals surface area (Å²) in [5, 5.41) is 0.568. The molecule has 0 radical (unpaired) electrons. The standard InChI is InChI=1S/C15H19ClO4/c1-11(20-13-7-4-5-12(16)9-13)15(17)19-10-14-6-2-3-8-18-14/h4-5,7,9,11,14H,2-3,6,8,10H2,1H3. The maximum atomic E-state index is 11.8. The predicted octanol–water partition coefficient (Wildman–Crippen LogP) is 3.22. The fraction of sp³-hybridized carbons (Fsp3) is 0.533. The predicted molar refractivity (Wildman–Crippen MR) is 76.1 cm³/mol. The molecule has 1 aliphatic rings. The van der Waals surface area contributed by atoms with Crippen molar-refractivity contribution in [2.24, 2.45) is 0 Å². The Kier molecular flexibility index (Phi) is 5.68. The van der Waals surface area contributed by atoms with Gasteiger partial charge in [-0.3, -0.25) is 0 Å². The third kappa shape index (κ3) is 4.69. The van der Waals surface area contributed by atoms with Crippen molar-refractivity contribution in [2.45, 2.75) is 38.4 Å². The van der Waals surface area contributed by atoms with Gasteiger partial charge in [0.05, 0.1) is 6.10 Å². The molecule has 4 nitrogen and oxygen atoms in total. The van der Waals surface area contributed by atoms with E-state index >= 15 is 0 Å². The molecule has 20 heavy (non-hydrogen) atoms. The van der Waals surface area contributed by atoms with Crippen molar-refractivity contribution in [1.82, 2.24) is 0 Å². The maximum absolute atomic E-state index is 11.8. The minimum Gasteiger partial charge on any atom is -0.479 e. The van der Waals surface area contributed by atoms with E-state index in [2.05, 4.69) is 0 Å². The molecule has 0 N–H and O–H groups in total. The van der Waals surface area contributed by atoms with E-state index < -0.39 is 6.10 Å². The molecule has 1 aromatic carbocycles. The van der Waals surface area contributed by atoms with Gasteiger partial charge < -0.3 is 14.2 Å². The highest BCUT2D eigenvalue weighted by Crippen LogP contribution is 2.19. The van der Waals surface area contributed by atoms with Crippen LogP contribution in [-0.4, -0.2) is 31.4 Å². The molecule has 110 valence electrons. The first-order chi connectivity index (χ1) is 9.65. The number of benzene rings is 1. The van der Waals surface area contributed by atoms with Gasteiger partial charge in [0.25, 0.3) is 0 Å². The van der Waals surface area contributed by atoms with Crippen LogP contribution in [0.1, 0.15) is 26.2 Å². The van der Waals surface area contributed by atoms with E-state index in [0.29, 0.717) is 17.4 Å². The van der Waals surface area contributed by atoms with Crippen LogP contribution in [0.25, 0.3) is 0 Å². The second-order valence-electron chi connectivity index (χ2n) is 4.84. The molecular formula is C15H19ClO4. The van der Waals surface area contributed by atoms with Gasteiger partial charge in [-0.05, 0) is 44.4 Å². The fourth-order valence-corrected chi connectivity index (χ4v) is 2.20. The van der Waals surface area contributed by atoms with E-state index in [1.807, 2.05) is 0 Å². The van der Waals surface area contributed by atoms with E-state index in [9.17, 15) is 4.79 Å². The molecule has 0 aromatic heterocycles. The molecule has 1 heterocycles. The molecule has 2 atom stereocenters. The molecule has 5 heteroatoms. The molecule has 0 bridgehead atoms. The summed E-state index contributed by atoms with van der Waals surface area (Å²) >= 11 is 5.86. The van der Waals surface area contributed by atoms with Crippen molar-refractivity contribution in [1.29, 1.82) is 0 Å². The SMILES string of the molecule is CC(Oc1cccc(Cl)c1)C(=O)OCC1CCCCO1. The van der Waals surface area contributed by atoms with E-state index in [-0.39, 0.29) is 12.1 Å². The van der Waals surface area contributed by atoms with E-state index in [1.165, 1.54) is 0 Å². The fourth-order valence-electron chi connectivity index (χ4n) is 2.02. The minimum atomic E-state index is -0.669. The number of esters is 1. The first-order valence-electron chi connectivity index (χ1n) is 6.85. The van der Waals surface area contributed by atoms with E-state index in [4.69, 9.17) is 25.8 Å². The van der Waals surface area contributed by atoms with Gasteiger partial charge in [0.1, 0.15) is 12.4 Å². The second kappa shape index (κ2) is 7.50. The molecule has 1 aromatic rings. The molecule has 0 spiro atoms. The lowest BCUT2D eigenvalue weighted by Crippen LogP contribution is -2.31. The van der Waals surface area contributed by atoms with Gasteiger partial charge in [-0.2, -0.15) is 0 Å². The first-order valence-corrected chi connectivity index (χ1v) is 7.23. The first kappa shape index (κ1) is 15.1. The summed E-state index contributed by atoms with van der Waals surface area (Å²) in [5.74, 6) is 0.162. The van der Waals surface area contributed by atoms with Gasteiger partial charge in [-0.1, -0.05) is 17.7 Å². The monoisotopic (exact) mass is 298 g/mol. The Balaban J connectivity index is 1.76. The molecule has 0 saturated carbocycles. The van der Waals surface area contributed by atoms with Gasteiger partial charge in [0.2, 0.25) is 0 Å². The molecule has 1 saturated heterocycles. The van der Waals surface area contributed by atoms with Crippen LogP contribution in [0.4, 0.5) is 0 Å². The van der Waals surface area contributed by atoms with Crippen molar-refractivity contribution in [3.05, 3.63) is 29.3 Å². The Morgan fingerprint density at radius 2 is 2.35 bits per heavy atom. The zero-order valence-corrected chi connectivity index (χ0v) is 12.3. The van der Waals surface area contributed by atoms with Crippen molar-refractivity contribution in [3.63, 3.8) is 0 Å². The topological polar surface area (TPSA) is 44.8 Å². The molecule has 1 fully saturated rings. The van der Waals surface area contributed by atoms with E-state index in [1.54, 1.807) is 31.2 Å². The molecule has 0 amide bonds. The highest BCUT2D eigenvalue weighted by Gasteiger charge is 2.20. The van der Waals surface area contributed by atoms with Crippen LogP contribution in [0.3, 0.4) is 0 Å². The zero-order chi connectivity index (χ0) is 14.4. The lowest BCUT2D eigenvalue weighted by Gasteiger charge is -2.23. The highest BCUT2D eigenvalue weighted by molar-refractivity contribution is 6.30. The Morgan fingerprint density at radius 1 is 1.50 bits per heavy atom. The Hall–Kier alpha value is -1.26. The summed E-state index contributed by atoms with van der Waals surface area (Å²) in [6, 6.07) is 6.93. The van der Waals surface area contributed by atoms with Crippen LogP contribution in [0.15, 0.2) is 24.3 Å². The molecule has 0 aliphatic carbocycles. The Bertz CT molecular complexity index is 443. The van der Waals surface area contributed by atoms with Crippen molar-refractivity contribution < 1.29 is 19.0 Å². The average molecular weight is 299 g/mol. The van der Waals surface area contributed by atoms with Crippen LogP contribution >= 0.6 is 11.6 Å². The van der Waals surface area contributed by atoms with Gasteiger partial charge in [0.15, 0.2) is 6.10 Å². The van der Waals surface area contributed by atoms with Crippen LogP contribution in [0.2, 0.25) is 5.02 Å². The number of rotatable bonds is 5. The summed E-state index contributed by atoms with van der Waals surface area (Å²) in [5.41, 5.74) is 0. The van der Waals surface area contributed by atoms with Gasteiger partial charge in [-0.15, -0.1) is 0 Å². The van der Waals surface area contributed by atoms with Crippen molar-refractivity contribution in [3.8, 4) is 5.75 Å². The second-order valence-corrected chi connectivity index (χ2v) is 5.27. The maximum Gasteiger partial charge on any atom is 0.347 e. The average Bonchev–Trinajstić information content (AvgIpc) is 2.46. The lowest BCUT2D eigenvalue weighted by atomic mass is 10.1. The minimum absolute atomic E-state index is 0.0195. The number of ether oxygens (including phenoxy) is 3. The summed E-state index contributed by atoms with van der Waals surface area (Å²) < 4.78 is 16.2. The Morgan fingerprint density at radius 3 is 3.05 bits per heavy atom. The largest absolute Gasteiger partial charge is 0.479 e. The lowest BCUT2D eigenvalue weighted by molar-refractivity contribution is -0.156. The van der Waals surface area contributed by atoms with Crippen LogP contribution in [-0.2, 0) is 14.3 Å². The Labute approximate surface area is 124 Å². The highest BCUT2D eigenvalue weighted by atomic mass is 35.5. The summed E-state index contributed by atoms with van der Waals surface area (Å²) in [6.45, 7) is 2.70. The molecular weight excluding hydrogens is 280 g/mol. The van der Waals surface area contributed by atoms with Crippen LogP contribution in [0, 0.1) is 0 Å². The quantitative estimate of drug-likeness (QED) is 0.783. The van der Waals surface area contributed by atoms with Gasteiger partial charge >= 0.3 is 5.97 Å². The summed E-state index contributed by atoms with van der Waals surface area (Å²) in [7, 11) is 0. The zero-order valence-electron chi connectivity index (χ0n) is 11.5. The number of hydrogen-bond acceptors (Lipinski definition) is 4. The van der Waals surface area contributed by atoms with Gasteiger partial charge in [-0.25, -0.2) is 4.79 Å². The smallest absolute Gasteiger partial charge is 0.347 e.